The van der Waals surface area contributed by atoms with E-state index in [4.69, 9.17) is 10.5 Å². The van der Waals surface area contributed by atoms with E-state index in [-0.39, 0.29) is 0 Å². The molecule has 0 saturated carbocycles. The van der Waals surface area contributed by atoms with Gasteiger partial charge in [0.15, 0.2) is 5.13 Å². The normalized spacial score (nSPS) is 26.2. The van der Waals surface area contributed by atoms with Crippen molar-refractivity contribution in [1.29, 1.82) is 0 Å². The van der Waals surface area contributed by atoms with E-state index in [1.165, 1.54) is 24.3 Å². The predicted octanol–water partition coefficient (Wildman–Crippen LogP) is 1.62. The first-order valence-corrected chi connectivity index (χ1v) is 7.02. The molecule has 1 aromatic heterocycles. The summed E-state index contributed by atoms with van der Waals surface area (Å²) in [5.41, 5.74) is 6.73. The Hall–Kier alpha value is -0.650. The second-order valence-electron chi connectivity index (χ2n) is 4.77. The largest absolute Gasteiger partial charge is 0.380 e. The number of hydrogen-bond acceptors (Lipinski definition) is 5. The van der Waals surface area contributed by atoms with E-state index in [1.807, 2.05) is 7.11 Å². The van der Waals surface area contributed by atoms with Crippen molar-refractivity contribution >= 4 is 16.5 Å². The molecule has 1 aliphatic heterocycles. The van der Waals surface area contributed by atoms with Crippen LogP contribution >= 0.6 is 11.3 Å². The molecule has 0 spiro atoms. The molecule has 0 radical (unpaired) electrons. The minimum atomic E-state index is 0.379. The SMILES string of the molecule is COC1CN(CCc2csc(N)n2)CCC1C. The van der Waals surface area contributed by atoms with Gasteiger partial charge in [-0.05, 0) is 18.9 Å². The number of piperidine rings is 1. The Balaban J connectivity index is 1.80. The second-order valence-corrected chi connectivity index (χ2v) is 5.66. The first kappa shape index (κ1) is 12.8. The minimum Gasteiger partial charge on any atom is -0.380 e. The fraction of sp³-hybridized carbons (Fsp3) is 0.750. The lowest BCUT2D eigenvalue weighted by molar-refractivity contribution is -0.00452. The summed E-state index contributed by atoms with van der Waals surface area (Å²) in [4.78, 5) is 6.75. The molecular weight excluding hydrogens is 234 g/mol. The average Bonchev–Trinajstić information content (AvgIpc) is 2.74. The first-order valence-electron chi connectivity index (χ1n) is 6.14. The number of thiazole rings is 1. The quantitative estimate of drug-likeness (QED) is 0.888. The third-order valence-electron chi connectivity index (χ3n) is 3.53. The lowest BCUT2D eigenvalue weighted by atomic mass is 9.96. The van der Waals surface area contributed by atoms with E-state index >= 15 is 0 Å². The molecule has 2 heterocycles. The molecule has 2 rings (SSSR count). The van der Waals surface area contributed by atoms with Crippen molar-refractivity contribution in [2.24, 2.45) is 5.92 Å². The van der Waals surface area contributed by atoms with Crippen molar-refractivity contribution in [1.82, 2.24) is 9.88 Å². The van der Waals surface area contributed by atoms with Gasteiger partial charge in [0.25, 0.3) is 0 Å². The van der Waals surface area contributed by atoms with E-state index < -0.39 is 0 Å². The Bertz CT molecular complexity index is 355. The van der Waals surface area contributed by atoms with Gasteiger partial charge in [-0.25, -0.2) is 4.98 Å². The van der Waals surface area contributed by atoms with Gasteiger partial charge in [-0.15, -0.1) is 11.3 Å². The van der Waals surface area contributed by atoms with Gasteiger partial charge < -0.3 is 15.4 Å². The minimum absolute atomic E-state index is 0.379. The number of nitrogens with two attached hydrogens (primary N) is 1. The number of likely N-dealkylation sites (tertiary alicyclic amines) is 1. The predicted molar refractivity (Wildman–Crippen MR) is 71.2 cm³/mol. The van der Waals surface area contributed by atoms with Crippen molar-refractivity contribution in [2.75, 3.05) is 32.5 Å². The number of nitrogens with zero attached hydrogens (tertiary/aromatic N) is 2. The molecule has 0 aromatic carbocycles. The number of hydrogen-bond donors (Lipinski definition) is 1. The summed E-state index contributed by atoms with van der Waals surface area (Å²) in [5, 5.41) is 2.72. The Morgan fingerprint density at radius 1 is 1.65 bits per heavy atom. The summed E-state index contributed by atoms with van der Waals surface area (Å²) in [6, 6.07) is 0. The topological polar surface area (TPSA) is 51.4 Å². The molecule has 0 bridgehead atoms. The van der Waals surface area contributed by atoms with Gasteiger partial charge in [0.05, 0.1) is 11.8 Å². The zero-order chi connectivity index (χ0) is 12.3. The molecule has 0 aliphatic carbocycles. The highest BCUT2D eigenvalue weighted by Crippen LogP contribution is 2.20. The van der Waals surface area contributed by atoms with Gasteiger partial charge in [-0.3, -0.25) is 0 Å². The summed E-state index contributed by atoms with van der Waals surface area (Å²) in [6.07, 6.45) is 2.58. The Labute approximate surface area is 107 Å². The fourth-order valence-electron chi connectivity index (χ4n) is 2.32. The highest BCUT2D eigenvalue weighted by molar-refractivity contribution is 7.13. The number of methoxy groups -OCH3 is 1. The van der Waals surface area contributed by atoms with Gasteiger partial charge in [-0.2, -0.15) is 0 Å². The summed E-state index contributed by atoms with van der Waals surface area (Å²) < 4.78 is 5.51. The Morgan fingerprint density at radius 2 is 2.47 bits per heavy atom. The molecule has 1 fully saturated rings. The van der Waals surface area contributed by atoms with Crippen molar-refractivity contribution in [3.8, 4) is 0 Å². The first-order chi connectivity index (χ1) is 8.19. The molecular formula is C12H21N3OS. The summed E-state index contributed by atoms with van der Waals surface area (Å²) in [7, 11) is 1.81. The van der Waals surface area contributed by atoms with E-state index in [2.05, 4.69) is 22.2 Å². The zero-order valence-corrected chi connectivity index (χ0v) is 11.4. The highest BCUT2D eigenvalue weighted by Gasteiger charge is 2.25. The molecule has 17 heavy (non-hydrogen) atoms. The molecule has 96 valence electrons. The van der Waals surface area contributed by atoms with Crippen molar-refractivity contribution < 1.29 is 4.74 Å². The van der Waals surface area contributed by atoms with Gasteiger partial charge in [0.1, 0.15) is 0 Å². The lowest BCUT2D eigenvalue weighted by Crippen LogP contribution is -2.44. The Morgan fingerprint density at radius 3 is 3.12 bits per heavy atom. The molecule has 4 nitrogen and oxygen atoms in total. The van der Waals surface area contributed by atoms with E-state index in [1.54, 1.807) is 0 Å². The van der Waals surface area contributed by atoms with Gasteiger partial charge in [0.2, 0.25) is 0 Å². The molecule has 1 aromatic rings. The van der Waals surface area contributed by atoms with Crippen LogP contribution in [0.5, 0.6) is 0 Å². The van der Waals surface area contributed by atoms with Crippen LogP contribution in [0.4, 0.5) is 5.13 Å². The maximum atomic E-state index is 5.62. The van der Waals surface area contributed by atoms with Crippen LogP contribution in [-0.2, 0) is 11.2 Å². The van der Waals surface area contributed by atoms with Crippen LogP contribution in [0.2, 0.25) is 0 Å². The molecule has 2 N–H and O–H groups in total. The van der Waals surface area contributed by atoms with E-state index in [0.29, 0.717) is 17.2 Å². The lowest BCUT2D eigenvalue weighted by Gasteiger charge is -2.36. The molecule has 1 saturated heterocycles. The highest BCUT2D eigenvalue weighted by atomic mass is 32.1. The van der Waals surface area contributed by atoms with Gasteiger partial charge >= 0.3 is 0 Å². The molecule has 5 heteroatoms. The van der Waals surface area contributed by atoms with Crippen LogP contribution < -0.4 is 5.73 Å². The standard InChI is InChI=1S/C12H21N3OS/c1-9-3-5-15(7-11(9)16-2)6-4-10-8-17-12(13)14-10/h8-9,11H,3-7H2,1-2H3,(H2,13,14). The van der Waals surface area contributed by atoms with Gasteiger partial charge in [-0.1, -0.05) is 6.92 Å². The molecule has 1 aliphatic rings. The van der Waals surface area contributed by atoms with Crippen molar-refractivity contribution in [2.45, 2.75) is 25.9 Å². The van der Waals surface area contributed by atoms with E-state index in [0.717, 1.165) is 25.2 Å². The number of aromatic nitrogens is 1. The number of rotatable bonds is 4. The summed E-state index contributed by atoms with van der Waals surface area (Å²) >= 11 is 1.52. The molecule has 2 unspecified atom stereocenters. The van der Waals surface area contributed by atoms with Crippen LogP contribution in [0, 0.1) is 5.92 Å². The van der Waals surface area contributed by atoms with E-state index in [9.17, 15) is 0 Å². The molecule has 0 amide bonds. The smallest absolute Gasteiger partial charge is 0.180 e. The third kappa shape index (κ3) is 3.40. The van der Waals surface area contributed by atoms with Crippen molar-refractivity contribution in [3.63, 3.8) is 0 Å². The average molecular weight is 255 g/mol. The summed E-state index contributed by atoms with van der Waals surface area (Å²) in [6.45, 7) is 5.53. The van der Waals surface area contributed by atoms with Crippen LogP contribution in [0.3, 0.4) is 0 Å². The maximum absolute atomic E-state index is 5.62. The zero-order valence-electron chi connectivity index (χ0n) is 10.6. The maximum Gasteiger partial charge on any atom is 0.180 e. The number of nitrogen functional groups attached to an aromatic ring is 1. The van der Waals surface area contributed by atoms with Crippen molar-refractivity contribution in [3.05, 3.63) is 11.1 Å². The second kappa shape index (κ2) is 5.80. The number of ether oxygens (including phenoxy) is 1. The van der Waals surface area contributed by atoms with Crippen LogP contribution in [0.25, 0.3) is 0 Å². The van der Waals surface area contributed by atoms with Gasteiger partial charge in [0, 0.05) is 32.0 Å². The molecule has 2 atom stereocenters. The monoisotopic (exact) mass is 255 g/mol. The third-order valence-corrected chi connectivity index (χ3v) is 4.25. The van der Waals surface area contributed by atoms with Crippen LogP contribution in [0.1, 0.15) is 19.0 Å². The Kier molecular flexibility index (Phi) is 4.36. The number of anilines is 1. The van der Waals surface area contributed by atoms with Crippen LogP contribution in [0.15, 0.2) is 5.38 Å². The fourth-order valence-corrected chi connectivity index (χ4v) is 2.92. The van der Waals surface area contributed by atoms with Crippen LogP contribution in [-0.4, -0.2) is 42.7 Å². The summed E-state index contributed by atoms with van der Waals surface area (Å²) in [5.74, 6) is 0.672.